The second kappa shape index (κ2) is 6.44. The molecule has 1 aliphatic heterocycles. The van der Waals surface area contributed by atoms with Gasteiger partial charge in [-0.3, -0.25) is 4.79 Å². The lowest BCUT2D eigenvalue weighted by molar-refractivity contribution is -0.144. The van der Waals surface area contributed by atoms with Crippen LogP contribution in [0.5, 0.6) is 0 Å². The van der Waals surface area contributed by atoms with Crippen molar-refractivity contribution in [1.29, 1.82) is 5.26 Å². The Labute approximate surface area is 91.4 Å². The summed E-state index contributed by atoms with van der Waals surface area (Å²) in [6.45, 7) is 2.16. The van der Waals surface area contributed by atoms with Crippen molar-refractivity contribution in [1.82, 2.24) is 0 Å². The van der Waals surface area contributed by atoms with Crippen molar-refractivity contribution in [3.8, 4) is 6.07 Å². The summed E-state index contributed by atoms with van der Waals surface area (Å²) in [6.07, 6.45) is 6.59. The number of rotatable bonds is 6. The molecule has 84 valence electrons. The Hall–Kier alpha value is -1.04. The number of carbonyl (C=O) groups excluding carboxylic acids is 1. The minimum atomic E-state index is -0.0910. The molecule has 0 aliphatic carbocycles. The molecule has 2 atom stereocenters. The van der Waals surface area contributed by atoms with Crippen molar-refractivity contribution >= 4 is 5.97 Å². The molecule has 0 N–H and O–H groups in total. The standard InChI is InChI=1S/C12H19NO2/c1-2-3-4-7-11-9-10(6-5-8-13)12(14)15-11/h10-11H,2-7,9H2,1H3. The van der Waals surface area contributed by atoms with Crippen molar-refractivity contribution in [2.24, 2.45) is 5.92 Å². The number of nitriles is 1. The number of hydrogen-bond donors (Lipinski definition) is 0. The lowest BCUT2D eigenvalue weighted by Crippen LogP contribution is -2.07. The topological polar surface area (TPSA) is 50.1 Å². The van der Waals surface area contributed by atoms with Gasteiger partial charge in [-0.15, -0.1) is 0 Å². The second-order valence-corrected chi connectivity index (χ2v) is 4.18. The summed E-state index contributed by atoms with van der Waals surface area (Å²) in [5, 5.41) is 8.45. The summed E-state index contributed by atoms with van der Waals surface area (Å²) in [4.78, 5) is 11.4. The third-order valence-electron chi connectivity index (χ3n) is 2.90. The van der Waals surface area contributed by atoms with E-state index in [2.05, 4.69) is 13.0 Å². The number of hydrogen-bond acceptors (Lipinski definition) is 3. The highest BCUT2D eigenvalue weighted by Crippen LogP contribution is 2.28. The predicted octanol–water partition coefficient (Wildman–Crippen LogP) is 2.80. The zero-order valence-electron chi connectivity index (χ0n) is 9.37. The molecule has 0 amide bonds. The lowest BCUT2D eigenvalue weighted by atomic mass is 9.97. The van der Waals surface area contributed by atoms with Gasteiger partial charge in [0.05, 0.1) is 12.0 Å². The third kappa shape index (κ3) is 3.91. The van der Waals surface area contributed by atoms with Crippen molar-refractivity contribution in [3.05, 3.63) is 0 Å². The van der Waals surface area contributed by atoms with E-state index in [0.717, 1.165) is 19.3 Å². The van der Waals surface area contributed by atoms with Crippen LogP contribution in [-0.2, 0) is 9.53 Å². The fourth-order valence-electron chi connectivity index (χ4n) is 2.00. The summed E-state index contributed by atoms with van der Waals surface area (Å²) in [7, 11) is 0. The number of cyclic esters (lactones) is 1. The van der Waals surface area contributed by atoms with Gasteiger partial charge in [-0.05, 0) is 25.7 Å². The van der Waals surface area contributed by atoms with Crippen LogP contribution < -0.4 is 0 Å². The Bertz CT molecular complexity index is 244. The van der Waals surface area contributed by atoms with E-state index in [4.69, 9.17) is 10.00 Å². The first kappa shape index (κ1) is 12.0. The van der Waals surface area contributed by atoms with E-state index >= 15 is 0 Å². The Morgan fingerprint density at radius 2 is 2.27 bits per heavy atom. The average molecular weight is 209 g/mol. The predicted molar refractivity (Wildman–Crippen MR) is 57.0 cm³/mol. The van der Waals surface area contributed by atoms with Crippen LogP contribution in [-0.4, -0.2) is 12.1 Å². The van der Waals surface area contributed by atoms with Gasteiger partial charge < -0.3 is 4.74 Å². The van der Waals surface area contributed by atoms with Crippen molar-refractivity contribution in [2.75, 3.05) is 0 Å². The highest BCUT2D eigenvalue weighted by Gasteiger charge is 2.33. The summed E-state index contributed by atoms with van der Waals surface area (Å²) in [6, 6.07) is 2.07. The van der Waals surface area contributed by atoms with Crippen LogP contribution in [0, 0.1) is 17.2 Å². The number of ether oxygens (including phenoxy) is 1. The lowest BCUT2D eigenvalue weighted by Gasteiger charge is -2.07. The Morgan fingerprint density at radius 3 is 2.93 bits per heavy atom. The molecule has 1 saturated heterocycles. The molecule has 1 heterocycles. The molecule has 0 radical (unpaired) electrons. The molecule has 0 aromatic heterocycles. The number of esters is 1. The minimum absolute atomic E-state index is 0.0173. The highest BCUT2D eigenvalue weighted by atomic mass is 16.5. The van der Waals surface area contributed by atoms with E-state index < -0.39 is 0 Å². The van der Waals surface area contributed by atoms with Crippen LogP contribution >= 0.6 is 0 Å². The molecular formula is C12H19NO2. The van der Waals surface area contributed by atoms with E-state index in [0.29, 0.717) is 12.8 Å². The van der Waals surface area contributed by atoms with Gasteiger partial charge in [0, 0.05) is 6.42 Å². The molecule has 3 nitrogen and oxygen atoms in total. The van der Waals surface area contributed by atoms with E-state index in [1.165, 1.54) is 12.8 Å². The molecule has 1 fully saturated rings. The normalized spacial score (nSPS) is 24.9. The van der Waals surface area contributed by atoms with Crippen molar-refractivity contribution < 1.29 is 9.53 Å². The molecule has 2 unspecified atom stereocenters. The average Bonchev–Trinajstić information content (AvgIpc) is 2.57. The fraction of sp³-hybridized carbons (Fsp3) is 0.833. The molecule has 0 bridgehead atoms. The maximum absolute atomic E-state index is 11.4. The molecule has 3 heteroatoms. The van der Waals surface area contributed by atoms with E-state index in [1.807, 2.05) is 0 Å². The monoisotopic (exact) mass is 209 g/mol. The molecule has 0 aromatic rings. The van der Waals surface area contributed by atoms with E-state index in [-0.39, 0.29) is 18.0 Å². The number of carbonyl (C=O) groups is 1. The first-order valence-corrected chi connectivity index (χ1v) is 5.85. The minimum Gasteiger partial charge on any atom is -0.462 e. The van der Waals surface area contributed by atoms with E-state index in [9.17, 15) is 4.79 Å². The SMILES string of the molecule is CCCCCC1CC(CCC#N)C(=O)O1. The largest absolute Gasteiger partial charge is 0.462 e. The molecule has 1 aliphatic rings. The first-order valence-electron chi connectivity index (χ1n) is 5.85. The van der Waals surface area contributed by atoms with Gasteiger partial charge in [0.1, 0.15) is 6.10 Å². The maximum atomic E-state index is 11.4. The first-order chi connectivity index (χ1) is 7.27. The van der Waals surface area contributed by atoms with Crippen molar-refractivity contribution in [3.63, 3.8) is 0 Å². The van der Waals surface area contributed by atoms with Crippen LogP contribution in [0.15, 0.2) is 0 Å². The van der Waals surface area contributed by atoms with Gasteiger partial charge in [-0.1, -0.05) is 19.8 Å². The quantitative estimate of drug-likeness (QED) is 0.499. The van der Waals surface area contributed by atoms with Gasteiger partial charge in [0.2, 0.25) is 0 Å². The fourth-order valence-corrected chi connectivity index (χ4v) is 2.00. The smallest absolute Gasteiger partial charge is 0.309 e. The van der Waals surface area contributed by atoms with Crippen LogP contribution in [0.25, 0.3) is 0 Å². The maximum Gasteiger partial charge on any atom is 0.309 e. The van der Waals surface area contributed by atoms with Gasteiger partial charge in [0.15, 0.2) is 0 Å². The summed E-state index contributed by atoms with van der Waals surface area (Å²) < 4.78 is 5.27. The third-order valence-corrected chi connectivity index (χ3v) is 2.90. The molecule has 1 rings (SSSR count). The number of unbranched alkanes of at least 4 members (excludes halogenated alkanes) is 2. The van der Waals surface area contributed by atoms with Crippen LogP contribution in [0.2, 0.25) is 0 Å². The summed E-state index contributed by atoms with van der Waals surface area (Å²) in [5.41, 5.74) is 0. The Kier molecular flexibility index (Phi) is 5.17. The highest BCUT2D eigenvalue weighted by molar-refractivity contribution is 5.74. The van der Waals surface area contributed by atoms with Gasteiger partial charge in [-0.25, -0.2) is 0 Å². The molecule has 15 heavy (non-hydrogen) atoms. The van der Waals surface area contributed by atoms with Gasteiger partial charge in [0.25, 0.3) is 0 Å². The summed E-state index contributed by atoms with van der Waals surface area (Å²) >= 11 is 0. The van der Waals surface area contributed by atoms with Crippen molar-refractivity contribution in [2.45, 2.75) is 58.0 Å². The van der Waals surface area contributed by atoms with Crippen LogP contribution in [0.3, 0.4) is 0 Å². The molecule has 0 saturated carbocycles. The Morgan fingerprint density at radius 1 is 1.47 bits per heavy atom. The molecule has 0 spiro atoms. The zero-order chi connectivity index (χ0) is 11.1. The molecular weight excluding hydrogens is 190 g/mol. The second-order valence-electron chi connectivity index (χ2n) is 4.18. The van der Waals surface area contributed by atoms with Gasteiger partial charge in [-0.2, -0.15) is 5.26 Å². The Balaban J connectivity index is 2.23. The number of nitrogens with zero attached hydrogens (tertiary/aromatic N) is 1. The molecule has 0 aromatic carbocycles. The van der Waals surface area contributed by atoms with Crippen LogP contribution in [0.4, 0.5) is 0 Å². The van der Waals surface area contributed by atoms with Crippen LogP contribution in [0.1, 0.15) is 51.9 Å². The zero-order valence-corrected chi connectivity index (χ0v) is 9.37. The van der Waals surface area contributed by atoms with Gasteiger partial charge >= 0.3 is 5.97 Å². The van der Waals surface area contributed by atoms with E-state index in [1.54, 1.807) is 0 Å². The summed E-state index contributed by atoms with van der Waals surface area (Å²) in [5.74, 6) is -0.108.